The summed E-state index contributed by atoms with van der Waals surface area (Å²) in [6.45, 7) is 11.7. The minimum atomic E-state index is -1.08. The maximum Gasteiger partial charge on any atom is 0.407 e. The van der Waals surface area contributed by atoms with Crippen molar-refractivity contribution in [1.29, 1.82) is 0 Å². The number of carbonyl (C=O) groups is 7. The predicted molar refractivity (Wildman–Crippen MR) is 188 cm³/mol. The second-order valence-corrected chi connectivity index (χ2v) is 13.7. The van der Waals surface area contributed by atoms with Crippen molar-refractivity contribution < 1.29 is 62.4 Å². The van der Waals surface area contributed by atoms with Gasteiger partial charge in [-0.25, -0.2) is 4.79 Å². The zero-order valence-electron chi connectivity index (χ0n) is 31.4. The maximum atomic E-state index is 13.0. The molecule has 0 aromatic heterocycles. The number of carboxylic acid groups (broad SMARTS) is 1. The Bertz CT molecular complexity index is 1160. The number of Topliss-reactive ketones (excluding diaryl/α,β-unsaturated/α-hetero) is 2. The zero-order chi connectivity index (χ0) is 38.9. The highest BCUT2D eigenvalue weighted by atomic mass is 16.6. The van der Waals surface area contributed by atoms with Gasteiger partial charge in [-0.1, -0.05) is 20.3 Å². The first-order valence-electron chi connectivity index (χ1n) is 18.0. The topological polar surface area (TPSA) is 213 Å². The van der Waals surface area contributed by atoms with E-state index in [0.717, 1.165) is 4.90 Å². The summed E-state index contributed by atoms with van der Waals surface area (Å²) < 4.78 is 26.9. The third-order valence-electron chi connectivity index (χ3n) is 7.62. The van der Waals surface area contributed by atoms with Crippen LogP contribution in [0.15, 0.2) is 12.2 Å². The number of imide groups is 1. The van der Waals surface area contributed by atoms with Crippen molar-refractivity contribution in [2.45, 2.75) is 97.6 Å². The number of rotatable bonds is 30. The van der Waals surface area contributed by atoms with Crippen LogP contribution in [0.2, 0.25) is 0 Å². The van der Waals surface area contributed by atoms with Crippen molar-refractivity contribution in [3.05, 3.63) is 12.2 Å². The van der Waals surface area contributed by atoms with E-state index in [1.807, 2.05) is 0 Å². The van der Waals surface area contributed by atoms with Crippen LogP contribution in [-0.2, 0) is 52.5 Å². The van der Waals surface area contributed by atoms with Crippen molar-refractivity contribution in [1.82, 2.24) is 15.5 Å². The molecule has 16 nitrogen and oxygen atoms in total. The minimum Gasteiger partial charge on any atom is -0.481 e. The highest BCUT2D eigenvalue weighted by Crippen LogP contribution is 2.17. The second kappa shape index (κ2) is 26.1. The van der Waals surface area contributed by atoms with E-state index in [0.29, 0.717) is 71.9 Å². The van der Waals surface area contributed by atoms with Gasteiger partial charge in [0, 0.05) is 57.5 Å². The lowest BCUT2D eigenvalue weighted by Gasteiger charge is -2.23. The number of carboxylic acids is 1. The molecule has 0 fully saturated rings. The van der Waals surface area contributed by atoms with Gasteiger partial charge in [0.05, 0.1) is 58.2 Å². The van der Waals surface area contributed by atoms with Gasteiger partial charge < -0.3 is 39.4 Å². The molecule has 296 valence electrons. The molecule has 0 aromatic rings. The molecule has 0 spiro atoms. The maximum absolute atomic E-state index is 13.0. The number of alkyl carbamates (subject to hydrolysis) is 1. The quantitative estimate of drug-likeness (QED) is 0.0715. The monoisotopic (exact) mass is 741 g/mol. The summed E-state index contributed by atoms with van der Waals surface area (Å²) in [5.74, 6) is -3.77. The highest BCUT2D eigenvalue weighted by Gasteiger charge is 2.29. The molecular formula is C36H59N3O13. The molecule has 0 aliphatic carbocycles. The summed E-state index contributed by atoms with van der Waals surface area (Å²) >= 11 is 0. The lowest BCUT2D eigenvalue weighted by Crippen LogP contribution is -2.45. The Morgan fingerprint density at radius 2 is 1.33 bits per heavy atom. The SMILES string of the molecule is CC(C)[C@H](NC(=O)CCOCCOCCOCCOCCCC(=O)CCN1C(=O)C=CC1=O)C(=O)C[C@@H](CCCCNC(=O)OC(C)(C)C)C(=O)O. The first-order valence-corrected chi connectivity index (χ1v) is 18.0. The van der Waals surface area contributed by atoms with Crippen LogP contribution in [0, 0.1) is 11.8 Å². The molecule has 0 saturated heterocycles. The smallest absolute Gasteiger partial charge is 0.407 e. The number of carbonyl (C=O) groups excluding carboxylic acids is 6. The van der Waals surface area contributed by atoms with Gasteiger partial charge in [-0.05, 0) is 46.0 Å². The Morgan fingerprint density at radius 3 is 1.87 bits per heavy atom. The van der Waals surface area contributed by atoms with Crippen molar-refractivity contribution >= 4 is 41.4 Å². The van der Waals surface area contributed by atoms with Gasteiger partial charge >= 0.3 is 12.1 Å². The minimum absolute atomic E-state index is 0.0269. The van der Waals surface area contributed by atoms with Crippen molar-refractivity contribution in [3.8, 4) is 0 Å². The number of nitrogens with one attached hydrogen (secondary N) is 2. The average Bonchev–Trinajstić information content (AvgIpc) is 3.38. The van der Waals surface area contributed by atoms with Crippen LogP contribution in [-0.4, -0.2) is 129 Å². The van der Waals surface area contributed by atoms with Crippen LogP contribution < -0.4 is 10.6 Å². The standard InChI is InChI=1S/C36H59N3O13/c1-26(2)33(29(41)25-27(34(45)46)9-6-7-15-37-35(47)52-36(3,4)5)38-30(42)14-18-49-20-22-51-24-23-50-21-19-48-17-8-10-28(40)13-16-39-31(43)11-12-32(39)44/h11-12,26-27,33H,6-10,13-25H2,1-5H3,(H,37,47)(H,38,42)(H,45,46)/t27-,33+/m1/s1. The van der Waals surface area contributed by atoms with Gasteiger partial charge in [0.1, 0.15) is 11.4 Å². The molecule has 2 atom stereocenters. The Balaban J connectivity index is 2.08. The molecule has 1 rings (SSSR count). The fraction of sp³-hybridized carbons (Fsp3) is 0.750. The number of amides is 4. The lowest BCUT2D eigenvalue weighted by atomic mass is 9.89. The largest absolute Gasteiger partial charge is 0.481 e. The summed E-state index contributed by atoms with van der Waals surface area (Å²) in [5.41, 5.74) is -0.613. The number of ketones is 2. The van der Waals surface area contributed by atoms with E-state index >= 15 is 0 Å². The Labute approximate surface area is 306 Å². The second-order valence-electron chi connectivity index (χ2n) is 13.7. The molecule has 3 N–H and O–H groups in total. The van der Waals surface area contributed by atoms with E-state index in [4.69, 9.17) is 23.7 Å². The fourth-order valence-corrected chi connectivity index (χ4v) is 4.88. The van der Waals surface area contributed by atoms with Gasteiger partial charge in [0.25, 0.3) is 11.8 Å². The Hall–Kier alpha value is -3.73. The van der Waals surface area contributed by atoms with Crippen LogP contribution in [0.5, 0.6) is 0 Å². The number of nitrogens with zero attached hydrogens (tertiary/aromatic N) is 1. The van der Waals surface area contributed by atoms with E-state index in [1.54, 1.807) is 34.6 Å². The molecule has 52 heavy (non-hydrogen) atoms. The Morgan fingerprint density at radius 1 is 0.769 bits per heavy atom. The first kappa shape index (κ1) is 46.3. The van der Waals surface area contributed by atoms with Crippen LogP contribution in [0.25, 0.3) is 0 Å². The molecular weight excluding hydrogens is 682 g/mol. The van der Waals surface area contributed by atoms with Crippen LogP contribution in [0.3, 0.4) is 0 Å². The third-order valence-corrected chi connectivity index (χ3v) is 7.62. The van der Waals surface area contributed by atoms with E-state index < -0.39 is 41.4 Å². The van der Waals surface area contributed by atoms with Crippen LogP contribution in [0.1, 0.15) is 86.0 Å². The van der Waals surface area contributed by atoms with Gasteiger partial charge in [-0.3, -0.25) is 33.7 Å². The lowest BCUT2D eigenvalue weighted by molar-refractivity contribution is -0.144. The van der Waals surface area contributed by atoms with Gasteiger partial charge in [-0.2, -0.15) is 0 Å². The highest BCUT2D eigenvalue weighted by molar-refractivity contribution is 6.13. The van der Waals surface area contributed by atoms with Crippen molar-refractivity contribution in [2.24, 2.45) is 11.8 Å². The molecule has 1 heterocycles. The molecule has 1 aliphatic rings. The Kier molecular flexibility index (Phi) is 23.2. The summed E-state index contributed by atoms with van der Waals surface area (Å²) in [7, 11) is 0. The van der Waals surface area contributed by atoms with Gasteiger partial charge in [0.2, 0.25) is 5.91 Å². The van der Waals surface area contributed by atoms with Gasteiger partial charge in [-0.15, -0.1) is 0 Å². The zero-order valence-corrected chi connectivity index (χ0v) is 31.4. The molecule has 16 heteroatoms. The fourth-order valence-electron chi connectivity index (χ4n) is 4.88. The predicted octanol–water partition coefficient (Wildman–Crippen LogP) is 2.60. The molecule has 0 bridgehead atoms. The summed E-state index contributed by atoms with van der Waals surface area (Å²) in [6, 6.07) is -0.822. The third kappa shape index (κ3) is 22.3. The first-order chi connectivity index (χ1) is 24.6. The molecule has 0 aromatic carbocycles. The van der Waals surface area contributed by atoms with Crippen LogP contribution >= 0.6 is 0 Å². The van der Waals surface area contributed by atoms with E-state index in [9.17, 15) is 38.7 Å². The summed E-state index contributed by atoms with van der Waals surface area (Å²) in [6.07, 6.45) is 3.91. The number of hydrogen-bond acceptors (Lipinski definition) is 12. The average molecular weight is 742 g/mol. The van der Waals surface area contributed by atoms with Crippen molar-refractivity contribution in [2.75, 3.05) is 65.9 Å². The van der Waals surface area contributed by atoms with Gasteiger partial charge in [0.15, 0.2) is 5.78 Å². The van der Waals surface area contributed by atoms with E-state index in [1.165, 1.54) is 12.2 Å². The van der Waals surface area contributed by atoms with E-state index in [-0.39, 0.29) is 68.8 Å². The molecule has 1 aliphatic heterocycles. The summed E-state index contributed by atoms with van der Waals surface area (Å²) in [5, 5.41) is 15.0. The van der Waals surface area contributed by atoms with Crippen LogP contribution in [0.4, 0.5) is 4.79 Å². The number of aliphatic carboxylic acids is 1. The molecule has 0 unspecified atom stereocenters. The molecule has 0 radical (unpaired) electrons. The number of hydrogen-bond donors (Lipinski definition) is 3. The van der Waals surface area contributed by atoms with Crippen molar-refractivity contribution in [3.63, 3.8) is 0 Å². The molecule has 0 saturated carbocycles. The normalized spacial score (nSPS) is 14.1. The van der Waals surface area contributed by atoms with E-state index in [2.05, 4.69) is 10.6 Å². The number of unbranched alkanes of at least 4 members (excludes halogenated alkanes) is 1. The molecule has 4 amide bonds. The number of ether oxygens (including phenoxy) is 5. The summed E-state index contributed by atoms with van der Waals surface area (Å²) in [4.78, 5) is 85.0.